The van der Waals surface area contributed by atoms with Gasteiger partial charge in [0.2, 0.25) is 5.95 Å². The van der Waals surface area contributed by atoms with Gasteiger partial charge in [-0.25, -0.2) is 4.98 Å². The fourth-order valence-corrected chi connectivity index (χ4v) is 1.80. The summed E-state index contributed by atoms with van der Waals surface area (Å²) in [7, 11) is 0. The van der Waals surface area contributed by atoms with E-state index in [1.165, 1.54) is 17.8 Å². The molecule has 0 aliphatic heterocycles. The molecule has 1 heterocycles. The first-order valence-electron chi connectivity index (χ1n) is 5.66. The molecule has 0 aliphatic carbocycles. The highest BCUT2D eigenvalue weighted by molar-refractivity contribution is 5.42. The van der Waals surface area contributed by atoms with Gasteiger partial charge in [-0.05, 0) is 25.0 Å². The van der Waals surface area contributed by atoms with E-state index in [1.807, 2.05) is 18.2 Å². The van der Waals surface area contributed by atoms with E-state index in [0.717, 1.165) is 12.1 Å². The highest BCUT2D eigenvalue weighted by atomic mass is 19.1. The van der Waals surface area contributed by atoms with Crippen molar-refractivity contribution < 1.29 is 4.39 Å². The second kappa shape index (κ2) is 5.43. The van der Waals surface area contributed by atoms with Gasteiger partial charge in [-0.2, -0.15) is 4.39 Å². The number of nitrogens with one attached hydrogen (secondary N) is 1. The lowest BCUT2D eigenvalue weighted by Crippen LogP contribution is -2.18. The molecule has 0 aliphatic rings. The van der Waals surface area contributed by atoms with E-state index in [4.69, 9.17) is 0 Å². The second-order valence-electron chi connectivity index (χ2n) is 4.10. The third-order valence-electron chi connectivity index (χ3n) is 2.52. The van der Waals surface area contributed by atoms with E-state index in [1.54, 1.807) is 6.07 Å². The molecule has 1 atom stereocenters. The Morgan fingerprint density at radius 1 is 1.24 bits per heavy atom. The Morgan fingerprint density at radius 2 is 2.00 bits per heavy atom. The van der Waals surface area contributed by atoms with Crippen LogP contribution in [0.2, 0.25) is 0 Å². The summed E-state index contributed by atoms with van der Waals surface area (Å²) in [6.07, 6.45) is 2.37. The fraction of sp³-hybridized carbons (Fsp3) is 0.214. The molecule has 3 heteroatoms. The van der Waals surface area contributed by atoms with Gasteiger partial charge in [-0.3, -0.25) is 0 Å². The smallest absolute Gasteiger partial charge is 0.214 e. The van der Waals surface area contributed by atoms with Crippen LogP contribution in [0, 0.1) is 5.95 Å². The number of nitrogens with zero attached hydrogens (tertiary/aromatic N) is 1. The minimum Gasteiger partial charge on any atom is -0.382 e. The molecule has 0 radical (unpaired) electrons. The van der Waals surface area contributed by atoms with Crippen molar-refractivity contribution in [3.63, 3.8) is 0 Å². The Hall–Kier alpha value is -1.90. The lowest BCUT2D eigenvalue weighted by atomic mass is 10.1. The summed E-state index contributed by atoms with van der Waals surface area (Å²) in [6, 6.07) is 13.6. The first-order valence-corrected chi connectivity index (χ1v) is 5.66. The second-order valence-corrected chi connectivity index (χ2v) is 4.10. The third-order valence-corrected chi connectivity index (χ3v) is 2.52. The Bertz CT molecular complexity index is 471. The van der Waals surface area contributed by atoms with E-state index < -0.39 is 5.95 Å². The highest BCUT2D eigenvalue weighted by Gasteiger charge is 2.04. The van der Waals surface area contributed by atoms with Crippen LogP contribution in [0.4, 0.5) is 10.1 Å². The maximum atomic E-state index is 12.9. The molecule has 1 aromatic carbocycles. The Kier molecular flexibility index (Phi) is 3.70. The number of rotatable bonds is 4. The zero-order chi connectivity index (χ0) is 12.1. The lowest BCUT2D eigenvalue weighted by Gasteiger charge is -2.15. The van der Waals surface area contributed by atoms with Gasteiger partial charge in [0.1, 0.15) is 0 Å². The maximum Gasteiger partial charge on any atom is 0.214 e. The van der Waals surface area contributed by atoms with Crippen molar-refractivity contribution in [3.05, 3.63) is 60.2 Å². The Balaban J connectivity index is 1.96. The van der Waals surface area contributed by atoms with Gasteiger partial charge in [0, 0.05) is 24.0 Å². The van der Waals surface area contributed by atoms with Crippen LogP contribution in [0.25, 0.3) is 0 Å². The molecule has 2 nitrogen and oxygen atoms in total. The molecule has 17 heavy (non-hydrogen) atoms. The molecule has 0 saturated heterocycles. The Labute approximate surface area is 101 Å². The first-order chi connectivity index (χ1) is 8.24. The standard InChI is InChI=1S/C14H15FN2/c1-11(9-12-5-3-2-4-6-12)17-13-7-8-16-14(15)10-13/h2-8,10-11H,9H2,1H3,(H,16,17). The molecule has 0 bridgehead atoms. The minimum absolute atomic E-state index is 0.249. The van der Waals surface area contributed by atoms with Crippen LogP contribution < -0.4 is 5.32 Å². The fourth-order valence-electron chi connectivity index (χ4n) is 1.80. The van der Waals surface area contributed by atoms with Gasteiger partial charge < -0.3 is 5.32 Å². The summed E-state index contributed by atoms with van der Waals surface area (Å²) in [5.41, 5.74) is 2.03. The number of aromatic nitrogens is 1. The van der Waals surface area contributed by atoms with E-state index in [9.17, 15) is 4.39 Å². The highest BCUT2D eigenvalue weighted by Crippen LogP contribution is 2.11. The molecule has 2 aromatic rings. The topological polar surface area (TPSA) is 24.9 Å². The number of halogens is 1. The van der Waals surface area contributed by atoms with Gasteiger partial charge in [-0.1, -0.05) is 30.3 Å². The van der Waals surface area contributed by atoms with Crippen LogP contribution in [0.5, 0.6) is 0 Å². The van der Waals surface area contributed by atoms with Crippen LogP contribution in [0.1, 0.15) is 12.5 Å². The van der Waals surface area contributed by atoms with Crippen molar-refractivity contribution in [1.82, 2.24) is 4.98 Å². The van der Waals surface area contributed by atoms with E-state index in [0.29, 0.717) is 0 Å². The van der Waals surface area contributed by atoms with Crippen molar-refractivity contribution in [2.75, 3.05) is 5.32 Å². The summed E-state index contributed by atoms with van der Waals surface area (Å²) in [5.74, 6) is -0.457. The van der Waals surface area contributed by atoms with Crippen molar-refractivity contribution in [2.45, 2.75) is 19.4 Å². The van der Waals surface area contributed by atoms with E-state index in [-0.39, 0.29) is 6.04 Å². The van der Waals surface area contributed by atoms with Crippen molar-refractivity contribution in [1.29, 1.82) is 0 Å². The monoisotopic (exact) mass is 230 g/mol. The predicted molar refractivity (Wildman–Crippen MR) is 67.4 cm³/mol. The molecular formula is C14H15FN2. The number of benzene rings is 1. The zero-order valence-corrected chi connectivity index (χ0v) is 9.73. The van der Waals surface area contributed by atoms with E-state index >= 15 is 0 Å². The number of hydrogen-bond acceptors (Lipinski definition) is 2. The van der Waals surface area contributed by atoms with Gasteiger partial charge in [0.25, 0.3) is 0 Å². The predicted octanol–water partition coefficient (Wildman–Crippen LogP) is 3.26. The SMILES string of the molecule is CC(Cc1ccccc1)Nc1ccnc(F)c1. The zero-order valence-electron chi connectivity index (χ0n) is 9.73. The quantitative estimate of drug-likeness (QED) is 0.815. The molecule has 0 fully saturated rings. The summed E-state index contributed by atoms with van der Waals surface area (Å²) in [4.78, 5) is 3.52. The van der Waals surface area contributed by atoms with Gasteiger partial charge in [0.15, 0.2) is 0 Å². The van der Waals surface area contributed by atoms with Gasteiger partial charge >= 0.3 is 0 Å². The van der Waals surface area contributed by atoms with Crippen LogP contribution >= 0.6 is 0 Å². The summed E-state index contributed by atoms with van der Waals surface area (Å²) >= 11 is 0. The molecule has 0 saturated carbocycles. The third kappa shape index (κ3) is 3.55. The van der Waals surface area contributed by atoms with Crippen molar-refractivity contribution in [3.8, 4) is 0 Å². The molecule has 2 rings (SSSR count). The molecular weight excluding hydrogens is 215 g/mol. The Morgan fingerprint density at radius 3 is 2.71 bits per heavy atom. The average molecular weight is 230 g/mol. The summed E-state index contributed by atoms with van der Waals surface area (Å²) in [6.45, 7) is 2.07. The maximum absolute atomic E-state index is 12.9. The van der Waals surface area contributed by atoms with Gasteiger partial charge in [0.05, 0.1) is 0 Å². The lowest BCUT2D eigenvalue weighted by molar-refractivity contribution is 0.584. The average Bonchev–Trinajstić information content (AvgIpc) is 2.30. The van der Waals surface area contributed by atoms with Crippen molar-refractivity contribution in [2.24, 2.45) is 0 Å². The largest absolute Gasteiger partial charge is 0.382 e. The van der Waals surface area contributed by atoms with Crippen LogP contribution in [-0.4, -0.2) is 11.0 Å². The number of hydrogen-bond donors (Lipinski definition) is 1. The van der Waals surface area contributed by atoms with Crippen molar-refractivity contribution >= 4 is 5.69 Å². The van der Waals surface area contributed by atoms with Gasteiger partial charge in [-0.15, -0.1) is 0 Å². The minimum atomic E-state index is -0.457. The molecule has 0 amide bonds. The first kappa shape index (κ1) is 11.6. The van der Waals surface area contributed by atoms with E-state index in [2.05, 4.69) is 29.4 Å². The van der Waals surface area contributed by atoms with Crippen LogP contribution in [-0.2, 0) is 6.42 Å². The number of anilines is 1. The number of pyridine rings is 1. The molecule has 0 spiro atoms. The molecule has 1 aromatic heterocycles. The molecule has 88 valence electrons. The normalized spacial score (nSPS) is 12.1. The summed E-state index contributed by atoms with van der Waals surface area (Å²) < 4.78 is 12.9. The van der Waals surface area contributed by atoms with Crippen LogP contribution in [0.15, 0.2) is 48.7 Å². The summed E-state index contributed by atoms with van der Waals surface area (Å²) in [5, 5.41) is 3.25. The molecule has 1 N–H and O–H groups in total. The molecule has 1 unspecified atom stereocenters. The van der Waals surface area contributed by atoms with Crippen LogP contribution in [0.3, 0.4) is 0 Å².